The van der Waals surface area contributed by atoms with Crippen molar-refractivity contribution in [3.05, 3.63) is 90.1 Å². The summed E-state index contributed by atoms with van der Waals surface area (Å²) in [4.78, 5) is 14.7. The smallest absolute Gasteiger partial charge is 0.336 e. The van der Waals surface area contributed by atoms with E-state index in [1.165, 1.54) is 12.1 Å². The molecule has 1 aromatic carbocycles. The molecule has 2 aromatic rings. The number of amides is 1. The van der Waals surface area contributed by atoms with E-state index in [1.807, 2.05) is 23.0 Å². The standard InChI is InChI=1S/C25H29FN4O3.C5H6.Fe/c26-20-11-12-23-21(17-20)25(32-15-16-33-25)24(31)30(23)14-8-4-2-1-3-7-13-29-18-22(27-28-29)19-9-5-6-10-19;1-2-4-5-3-1;/h5-6,9-12,17-19H,1-4,7-8,13-16H2;1-4H,5H2;/q;;+2. The van der Waals surface area contributed by atoms with Gasteiger partial charge in [0.2, 0.25) is 0 Å². The molecule has 0 bridgehead atoms. The van der Waals surface area contributed by atoms with Crippen molar-refractivity contribution in [2.24, 2.45) is 0 Å². The molecule has 9 heteroatoms. The van der Waals surface area contributed by atoms with E-state index in [0.717, 1.165) is 57.2 Å². The Bertz CT molecular complexity index is 1210. The summed E-state index contributed by atoms with van der Waals surface area (Å²) in [6, 6.07) is 4.39. The molecule has 0 N–H and O–H groups in total. The number of carbonyl (C=O) groups excluding carboxylic acids is 1. The van der Waals surface area contributed by atoms with Crippen molar-refractivity contribution in [3.63, 3.8) is 0 Å². The summed E-state index contributed by atoms with van der Waals surface area (Å²) in [6.45, 7) is 2.13. The molecular formula is C30H35FFeN4O3+2. The summed E-state index contributed by atoms with van der Waals surface area (Å²) in [7, 11) is 0. The molecule has 1 amide bonds. The van der Waals surface area contributed by atoms with Crippen LogP contribution in [0.15, 0.2) is 73.0 Å². The summed E-state index contributed by atoms with van der Waals surface area (Å²) < 4.78 is 27.1. The first-order valence-electron chi connectivity index (χ1n) is 13.6. The molecule has 6 rings (SSSR count). The molecular weight excluding hydrogens is 539 g/mol. The Morgan fingerprint density at radius 3 is 2.26 bits per heavy atom. The second-order valence-corrected chi connectivity index (χ2v) is 9.85. The topological polar surface area (TPSA) is 69.5 Å². The molecule has 1 spiro atoms. The largest absolute Gasteiger partial charge is 2.00 e. The quantitative estimate of drug-likeness (QED) is 0.269. The van der Waals surface area contributed by atoms with E-state index in [0.29, 0.717) is 31.0 Å². The van der Waals surface area contributed by atoms with Gasteiger partial charge in [-0.25, -0.2) is 4.39 Å². The second-order valence-electron chi connectivity index (χ2n) is 9.85. The first-order chi connectivity index (χ1) is 18.7. The number of allylic oxidation sites excluding steroid dienone is 8. The minimum absolute atomic E-state index is 0. The molecule has 7 nitrogen and oxygen atoms in total. The van der Waals surface area contributed by atoms with Gasteiger partial charge in [-0.15, -0.1) is 5.10 Å². The van der Waals surface area contributed by atoms with Crippen molar-refractivity contribution in [1.29, 1.82) is 0 Å². The summed E-state index contributed by atoms with van der Waals surface area (Å²) in [5, 5.41) is 8.50. The Labute approximate surface area is 239 Å². The minimum atomic E-state index is -1.46. The van der Waals surface area contributed by atoms with E-state index in [-0.39, 0.29) is 28.9 Å². The molecule has 0 unspecified atom stereocenters. The van der Waals surface area contributed by atoms with Crippen LogP contribution in [0.5, 0.6) is 0 Å². The monoisotopic (exact) mass is 574 g/mol. The van der Waals surface area contributed by atoms with Crippen molar-refractivity contribution in [1.82, 2.24) is 15.0 Å². The number of carbonyl (C=O) groups is 1. The molecule has 3 heterocycles. The molecule has 2 aliphatic carbocycles. The molecule has 0 radical (unpaired) electrons. The van der Waals surface area contributed by atoms with Crippen LogP contribution in [0.3, 0.4) is 0 Å². The van der Waals surface area contributed by atoms with E-state index in [2.05, 4.69) is 46.8 Å². The van der Waals surface area contributed by atoms with Crippen LogP contribution in [0.25, 0.3) is 0 Å². The van der Waals surface area contributed by atoms with Gasteiger partial charge in [-0.2, -0.15) is 0 Å². The number of aryl methyl sites for hydroxylation is 1. The molecule has 1 fully saturated rings. The van der Waals surface area contributed by atoms with Crippen molar-refractivity contribution >= 4 is 11.6 Å². The van der Waals surface area contributed by atoms with Gasteiger partial charge in [0.15, 0.2) is 0 Å². The molecule has 1 aromatic heterocycles. The van der Waals surface area contributed by atoms with Crippen LogP contribution >= 0.6 is 0 Å². The molecule has 0 saturated carbocycles. The van der Waals surface area contributed by atoms with Crippen molar-refractivity contribution in [3.8, 4) is 0 Å². The fourth-order valence-corrected chi connectivity index (χ4v) is 5.17. The predicted molar refractivity (Wildman–Crippen MR) is 144 cm³/mol. The maximum absolute atomic E-state index is 13.8. The number of unbranched alkanes of at least 4 members (excludes halogenated alkanes) is 5. The van der Waals surface area contributed by atoms with Crippen LogP contribution < -0.4 is 4.90 Å². The Morgan fingerprint density at radius 2 is 1.59 bits per heavy atom. The molecule has 4 aliphatic rings. The number of benzene rings is 1. The zero-order valence-corrected chi connectivity index (χ0v) is 23.1. The van der Waals surface area contributed by atoms with Crippen LogP contribution in [0.2, 0.25) is 0 Å². The maximum Gasteiger partial charge on any atom is 2.00 e. The third-order valence-electron chi connectivity index (χ3n) is 7.14. The minimum Gasteiger partial charge on any atom is -0.336 e. The van der Waals surface area contributed by atoms with E-state index in [9.17, 15) is 9.18 Å². The van der Waals surface area contributed by atoms with Gasteiger partial charge in [0, 0.05) is 30.8 Å². The van der Waals surface area contributed by atoms with Gasteiger partial charge in [-0.1, -0.05) is 79.5 Å². The number of aromatic nitrogens is 3. The predicted octanol–water partition coefficient (Wildman–Crippen LogP) is 5.71. The number of ether oxygens (including phenoxy) is 2. The third kappa shape index (κ3) is 6.84. The molecule has 1 saturated heterocycles. The van der Waals surface area contributed by atoms with Gasteiger partial charge in [0.25, 0.3) is 11.7 Å². The summed E-state index contributed by atoms with van der Waals surface area (Å²) in [6.07, 6.45) is 26.2. The number of anilines is 1. The van der Waals surface area contributed by atoms with Gasteiger partial charge >= 0.3 is 17.1 Å². The van der Waals surface area contributed by atoms with Crippen molar-refractivity contribution in [2.45, 2.75) is 63.2 Å². The Kier molecular flexibility index (Phi) is 10.5. The number of hydrogen-bond donors (Lipinski definition) is 0. The molecule has 2 aliphatic heterocycles. The van der Waals surface area contributed by atoms with Gasteiger partial charge in [0.05, 0.1) is 24.6 Å². The summed E-state index contributed by atoms with van der Waals surface area (Å²) in [5.74, 6) is -1.83. The zero-order valence-electron chi connectivity index (χ0n) is 22.0. The van der Waals surface area contributed by atoms with Gasteiger partial charge in [-0.05, 0) is 37.5 Å². The number of hydrogen-bond acceptors (Lipinski definition) is 5. The van der Waals surface area contributed by atoms with Gasteiger partial charge in [-0.3, -0.25) is 9.48 Å². The van der Waals surface area contributed by atoms with Gasteiger partial charge in [0.1, 0.15) is 5.82 Å². The van der Waals surface area contributed by atoms with Crippen LogP contribution in [0.1, 0.15) is 62.1 Å². The Morgan fingerprint density at radius 1 is 0.923 bits per heavy atom. The SMILES string of the molecule is C1=CCC=C1.O=C1N(CCCCCCCCn2cc(C3C=CC=C3)nn2)c2ccc(F)cc2C12OCCO2.[Fe+2]. The second kappa shape index (κ2) is 14.0. The van der Waals surface area contributed by atoms with E-state index >= 15 is 0 Å². The Hall–Kier alpha value is -2.84. The fourth-order valence-electron chi connectivity index (χ4n) is 5.17. The average molecular weight is 574 g/mol. The third-order valence-corrected chi connectivity index (χ3v) is 7.14. The van der Waals surface area contributed by atoms with Crippen LogP contribution in [-0.2, 0) is 43.7 Å². The van der Waals surface area contributed by atoms with Crippen LogP contribution in [-0.4, -0.2) is 40.7 Å². The van der Waals surface area contributed by atoms with Crippen LogP contribution in [0.4, 0.5) is 10.1 Å². The average Bonchev–Trinajstić information content (AvgIpc) is 3.76. The normalized spacial score (nSPS) is 18.2. The van der Waals surface area contributed by atoms with E-state index < -0.39 is 11.6 Å². The number of halogens is 1. The Balaban J connectivity index is 0.000000530. The number of rotatable bonds is 10. The molecule has 0 atom stereocenters. The number of fused-ring (bicyclic) bond motifs is 2. The van der Waals surface area contributed by atoms with Gasteiger partial charge < -0.3 is 14.4 Å². The van der Waals surface area contributed by atoms with E-state index in [1.54, 1.807) is 11.0 Å². The fraction of sp³-hybridized carbons (Fsp3) is 0.433. The van der Waals surface area contributed by atoms with Crippen molar-refractivity contribution in [2.75, 3.05) is 24.7 Å². The first kappa shape index (κ1) is 29.1. The van der Waals surface area contributed by atoms with E-state index in [4.69, 9.17) is 9.47 Å². The maximum atomic E-state index is 13.8. The summed E-state index contributed by atoms with van der Waals surface area (Å²) >= 11 is 0. The van der Waals surface area contributed by atoms with Crippen molar-refractivity contribution < 1.29 is 35.7 Å². The first-order valence-corrected chi connectivity index (χ1v) is 13.6. The summed E-state index contributed by atoms with van der Waals surface area (Å²) in [5.41, 5.74) is 2.18. The molecule has 39 heavy (non-hydrogen) atoms. The van der Waals surface area contributed by atoms with Crippen LogP contribution in [0, 0.1) is 5.82 Å². The molecule has 206 valence electrons. The zero-order chi connectivity index (χ0) is 26.2. The number of nitrogens with zero attached hydrogens (tertiary/aromatic N) is 4.